The molecule has 1 aromatic rings. The van der Waals surface area contributed by atoms with Crippen molar-refractivity contribution in [1.29, 1.82) is 0 Å². The summed E-state index contributed by atoms with van der Waals surface area (Å²) in [6.45, 7) is 3.09. The third-order valence-corrected chi connectivity index (χ3v) is 5.91. The number of likely N-dealkylation sites (N-methyl/N-ethyl adjacent to an activating group) is 1. The van der Waals surface area contributed by atoms with Gasteiger partial charge in [0.1, 0.15) is 0 Å². The molecule has 1 saturated carbocycles. The van der Waals surface area contributed by atoms with Crippen LogP contribution in [0.1, 0.15) is 37.8 Å². The Balaban J connectivity index is 1.99. The van der Waals surface area contributed by atoms with Gasteiger partial charge in [-0.2, -0.15) is 0 Å². The maximum Gasteiger partial charge on any atom is 0.175 e. The lowest BCUT2D eigenvalue weighted by molar-refractivity contribution is 0.0576. The summed E-state index contributed by atoms with van der Waals surface area (Å²) in [5.41, 5.74) is 1.41. The molecule has 1 aliphatic rings. The number of nitrogens with zero attached hydrogens (tertiary/aromatic N) is 1. The molecule has 0 heterocycles. The predicted octanol–water partition coefficient (Wildman–Crippen LogP) is 2.22. The first-order valence-corrected chi connectivity index (χ1v) is 9.35. The molecule has 0 saturated heterocycles. The molecule has 118 valence electrons. The van der Waals surface area contributed by atoms with Crippen molar-refractivity contribution >= 4 is 9.84 Å². The van der Waals surface area contributed by atoms with Crippen molar-refractivity contribution in [2.75, 3.05) is 26.9 Å². The average molecular weight is 310 g/mol. The fourth-order valence-corrected chi connectivity index (χ4v) is 3.46. The first kappa shape index (κ1) is 16.5. The van der Waals surface area contributed by atoms with Crippen molar-refractivity contribution < 1.29 is 8.42 Å². The number of hydrogen-bond donors (Lipinski definition) is 1. The molecular weight excluding hydrogens is 284 g/mol. The van der Waals surface area contributed by atoms with Gasteiger partial charge < -0.3 is 10.2 Å². The highest BCUT2D eigenvalue weighted by Gasteiger charge is 2.38. The molecular formula is C16H26N2O2S. The minimum absolute atomic E-state index is 0.219. The summed E-state index contributed by atoms with van der Waals surface area (Å²) >= 11 is 0. The number of rotatable bonds is 6. The zero-order valence-electron chi connectivity index (χ0n) is 13.4. The SMILES string of the molecule is CC(NCC1(N(C)C)CCC1)c1ccc(S(C)(=O)=O)cc1. The average Bonchev–Trinajstić information content (AvgIpc) is 2.36. The number of nitrogens with one attached hydrogen (secondary N) is 1. The van der Waals surface area contributed by atoms with E-state index in [1.165, 1.54) is 25.5 Å². The highest BCUT2D eigenvalue weighted by Crippen LogP contribution is 2.35. The lowest BCUT2D eigenvalue weighted by Gasteiger charge is -2.48. The van der Waals surface area contributed by atoms with Gasteiger partial charge in [0.05, 0.1) is 4.90 Å². The molecule has 0 radical (unpaired) electrons. The molecule has 0 spiro atoms. The Morgan fingerprint density at radius 2 is 1.81 bits per heavy atom. The van der Waals surface area contributed by atoms with E-state index in [-0.39, 0.29) is 6.04 Å². The second-order valence-electron chi connectivity index (χ2n) is 6.42. The van der Waals surface area contributed by atoms with Crippen LogP contribution in [-0.4, -0.2) is 45.8 Å². The van der Waals surface area contributed by atoms with E-state index in [1.54, 1.807) is 12.1 Å². The minimum atomic E-state index is -3.11. The van der Waals surface area contributed by atoms with E-state index in [0.29, 0.717) is 10.4 Å². The van der Waals surface area contributed by atoms with Crippen LogP contribution in [0.15, 0.2) is 29.2 Å². The molecule has 0 amide bonds. The van der Waals surface area contributed by atoms with Crippen LogP contribution < -0.4 is 5.32 Å². The first-order valence-electron chi connectivity index (χ1n) is 7.45. The van der Waals surface area contributed by atoms with Crippen LogP contribution in [-0.2, 0) is 9.84 Å². The summed E-state index contributed by atoms with van der Waals surface area (Å²) in [5.74, 6) is 0. The Kier molecular flexibility index (Phi) is 4.76. The van der Waals surface area contributed by atoms with Crippen LogP contribution in [0.2, 0.25) is 0 Å². The van der Waals surface area contributed by atoms with E-state index >= 15 is 0 Å². The van der Waals surface area contributed by atoms with Gasteiger partial charge in [-0.15, -0.1) is 0 Å². The predicted molar refractivity (Wildman–Crippen MR) is 86.2 cm³/mol. The Morgan fingerprint density at radius 3 is 2.19 bits per heavy atom. The molecule has 4 nitrogen and oxygen atoms in total. The van der Waals surface area contributed by atoms with Crippen LogP contribution in [0.5, 0.6) is 0 Å². The van der Waals surface area contributed by atoms with Crippen molar-refractivity contribution in [2.24, 2.45) is 0 Å². The summed E-state index contributed by atoms with van der Waals surface area (Å²) in [4.78, 5) is 2.70. The summed E-state index contributed by atoms with van der Waals surface area (Å²) < 4.78 is 22.9. The third kappa shape index (κ3) is 3.65. The lowest BCUT2D eigenvalue weighted by Crippen LogP contribution is -2.56. The smallest absolute Gasteiger partial charge is 0.175 e. The topological polar surface area (TPSA) is 49.4 Å². The Labute approximate surface area is 128 Å². The van der Waals surface area contributed by atoms with E-state index in [1.807, 2.05) is 12.1 Å². The molecule has 0 aromatic heterocycles. The highest BCUT2D eigenvalue weighted by atomic mass is 32.2. The summed E-state index contributed by atoms with van der Waals surface area (Å²) in [6.07, 6.45) is 5.03. The van der Waals surface area contributed by atoms with Crippen LogP contribution in [0.4, 0.5) is 0 Å². The zero-order valence-corrected chi connectivity index (χ0v) is 14.2. The molecule has 1 N–H and O–H groups in total. The first-order chi connectivity index (χ1) is 9.74. The van der Waals surface area contributed by atoms with Crippen molar-refractivity contribution in [3.8, 4) is 0 Å². The van der Waals surface area contributed by atoms with E-state index in [9.17, 15) is 8.42 Å². The van der Waals surface area contributed by atoms with Gasteiger partial charge >= 0.3 is 0 Å². The second-order valence-corrected chi connectivity index (χ2v) is 8.43. The van der Waals surface area contributed by atoms with Gasteiger partial charge in [-0.3, -0.25) is 0 Å². The number of hydrogen-bond acceptors (Lipinski definition) is 4. The molecule has 1 atom stereocenters. The van der Waals surface area contributed by atoms with Crippen LogP contribution in [0.3, 0.4) is 0 Å². The molecule has 1 fully saturated rings. The van der Waals surface area contributed by atoms with Gasteiger partial charge in [0.25, 0.3) is 0 Å². The Morgan fingerprint density at radius 1 is 1.24 bits per heavy atom. The van der Waals surface area contributed by atoms with Gasteiger partial charge in [-0.1, -0.05) is 12.1 Å². The highest BCUT2D eigenvalue weighted by molar-refractivity contribution is 7.90. The third-order valence-electron chi connectivity index (χ3n) is 4.78. The normalized spacial score (nSPS) is 19.3. The molecule has 1 aliphatic carbocycles. The van der Waals surface area contributed by atoms with Gasteiger partial charge in [-0.25, -0.2) is 8.42 Å². The van der Waals surface area contributed by atoms with E-state index in [2.05, 4.69) is 31.2 Å². The van der Waals surface area contributed by atoms with Gasteiger partial charge in [0.2, 0.25) is 0 Å². The zero-order chi connectivity index (χ0) is 15.7. The summed E-state index contributed by atoms with van der Waals surface area (Å²) in [6, 6.07) is 7.40. The monoisotopic (exact) mass is 310 g/mol. The van der Waals surface area contributed by atoms with Gasteiger partial charge in [0.15, 0.2) is 9.84 Å². The minimum Gasteiger partial charge on any atom is -0.308 e. The largest absolute Gasteiger partial charge is 0.308 e. The van der Waals surface area contributed by atoms with E-state index in [4.69, 9.17) is 0 Å². The molecule has 5 heteroatoms. The van der Waals surface area contributed by atoms with Crippen LogP contribution in [0, 0.1) is 0 Å². The molecule has 0 bridgehead atoms. The van der Waals surface area contributed by atoms with Crippen LogP contribution in [0.25, 0.3) is 0 Å². The fraction of sp³-hybridized carbons (Fsp3) is 0.625. The number of sulfone groups is 1. The van der Waals surface area contributed by atoms with Crippen molar-refractivity contribution in [3.05, 3.63) is 29.8 Å². The number of benzene rings is 1. The quantitative estimate of drug-likeness (QED) is 0.875. The maximum absolute atomic E-state index is 11.5. The summed E-state index contributed by atoms with van der Waals surface area (Å²) in [5, 5.41) is 3.59. The maximum atomic E-state index is 11.5. The molecule has 0 aliphatic heterocycles. The van der Waals surface area contributed by atoms with Gasteiger partial charge in [-0.05, 0) is 58.0 Å². The molecule has 1 aromatic carbocycles. The summed E-state index contributed by atoms with van der Waals surface area (Å²) in [7, 11) is 1.18. The molecule has 2 rings (SSSR count). The van der Waals surface area contributed by atoms with Crippen molar-refractivity contribution in [2.45, 2.75) is 42.7 Å². The Hall–Kier alpha value is -0.910. The standard InChI is InChI=1S/C16H26N2O2S/c1-13(17-12-16(18(2)3)10-5-11-16)14-6-8-15(9-7-14)21(4,19)20/h6-9,13,17H,5,10-12H2,1-4H3. The van der Waals surface area contributed by atoms with Gasteiger partial charge in [0, 0.05) is 24.4 Å². The van der Waals surface area contributed by atoms with Crippen LogP contribution >= 0.6 is 0 Å². The van der Waals surface area contributed by atoms with Crippen molar-refractivity contribution in [3.63, 3.8) is 0 Å². The fourth-order valence-electron chi connectivity index (χ4n) is 2.83. The molecule has 1 unspecified atom stereocenters. The lowest BCUT2D eigenvalue weighted by atomic mass is 9.75. The van der Waals surface area contributed by atoms with Crippen molar-refractivity contribution in [1.82, 2.24) is 10.2 Å². The van der Waals surface area contributed by atoms with E-state index in [0.717, 1.165) is 12.1 Å². The second kappa shape index (κ2) is 6.07. The Bertz CT molecular complexity index is 575. The van der Waals surface area contributed by atoms with E-state index < -0.39 is 9.84 Å². The molecule has 21 heavy (non-hydrogen) atoms.